The molecule has 0 unspecified atom stereocenters. The summed E-state index contributed by atoms with van der Waals surface area (Å²) >= 11 is 0. The highest BCUT2D eigenvalue weighted by molar-refractivity contribution is 5.84. The van der Waals surface area contributed by atoms with Crippen molar-refractivity contribution >= 4 is 5.97 Å². The second kappa shape index (κ2) is 15.7. The van der Waals surface area contributed by atoms with Gasteiger partial charge in [0.25, 0.3) is 0 Å². The molecule has 9 N–H and O–H groups in total. The van der Waals surface area contributed by atoms with E-state index < -0.39 is 5.97 Å². The van der Waals surface area contributed by atoms with Crippen molar-refractivity contribution in [2.75, 3.05) is 0 Å². The van der Waals surface area contributed by atoms with Gasteiger partial charge in [-0.25, -0.2) is 4.79 Å². The molecule has 0 atom stereocenters. The molecule has 0 bridgehead atoms. The Hall–Kier alpha value is -0.950. The average Bonchev–Trinajstić information content (AvgIpc) is 1.96. The predicted octanol–water partition coefficient (Wildman–Crippen LogP) is -1.72. The number of nitrogens with two attached hydrogens (primary N) is 4. The van der Waals surface area contributed by atoms with Crippen LogP contribution in [0.3, 0.4) is 0 Å². The number of carbonyl (C=O) groups is 1. The van der Waals surface area contributed by atoms with Gasteiger partial charge in [-0.15, -0.1) is 0 Å². The van der Waals surface area contributed by atoms with Crippen molar-refractivity contribution in [2.24, 2.45) is 23.4 Å². The molecule has 0 radical (unpaired) electrons. The number of aliphatic carboxylic acids is 1. The topological polar surface area (TPSA) is 141 Å². The Labute approximate surface area is 59.4 Å². The number of carboxylic acids is 1. The first-order chi connectivity index (χ1) is 4.64. The third-order valence-corrected chi connectivity index (χ3v) is 0.365. The molecule has 0 aromatic carbocycles. The molecule has 0 heterocycles. The van der Waals surface area contributed by atoms with E-state index in [2.05, 4.69) is 29.9 Å². The third kappa shape index (κ3) is 27.7. The summed E-state index contributed by atoms with van der Waals surface area (Å²) < 4.78 is 0. The van der Waals surface area contributed by atoms with E-state index in [-0.39, 0.29) is 5.57 Å². The Balaban J connectivity index is -0.000000105. The quantitative estimate of drug-likeness (QED) is 0.171. The van der Waals surface area contributed by atoms with E-state index in [1.165, 1.54) is 6.92 Å². The Bertz CT molecular complexity index is 81.3. The Morgan fingerprint density at radius 1 is 1.30 bits per heavy atom. The average molecular weight is 150 g/mol. The van der Waals surface area contributed by atoms with Crippen molar-refractivity contribution in [3.63, 3.8) is 0 Å². The zero-order valence-corrected chi connectivity index (χ0v) is 5.87. The standard InChI is InChI=1S/C4H6O2.2H4N2/c1-3(2)4(5)6;2*1-2/h1H2,2H3,(H,5,6);2*1-2H2. The van der Waals surface area contributed by atoms with E-state index in [9.17, 15) is 4.79 Å². The molecule has 0 amide bonds. The number of hydrogen-bond acceptors (Lipinski definition) is 5. The van der Waals surface area contributed by atoms with Crippen molar-refractivity contribution < 1.29 is 9.90 Å². The molecule has 0 aromatic heterocycles. The lowest BCUT2D eigenvalue weighted by Crippen LogP contribution is -2.02. The fraction of sp³-hybridized carbons (Fsp3) is 0.250. The lowest BCUT2D eigenvalue weighted by atomic mass is 10.4. The third-order valence-electron chi connectivity index (χ3n) is 0.365. The van der Waals surface area contributed by atoms with Crippen LogP contribution in [0.25, 0.3) is 0 Å². The van der Waals surface area contributed by atoms with Gasteiger partial charge in [0.2, 0.25) is 0 Å². The summed E-state index contributed by atoms with van der Waals surface area (Å²) in [4.78, 5) is 9.60. The summed E-state index contributed by atoms with van der Waals surface area (Å²) in [6.07, 6.45) is 0. The normalized spacial score (nSPS) is 5.70. The van der Waals surface area contributed by atoms with Gasteiger partial charge >= 0.3 is 5.97 Å². The van der Waals surface area contributed by atoms with Crippen LogP contribution in [0.15, 0.2) is 12.2 Å². The van der Waals surface area contributed by atoms with Gasteiger partial charge in [-0.05, 0) is 6.92 Å². The Morgan fingerprint density at radius 3 is 1.40 bits per heavy atom. The molecule has 0 spiro atoms. The predicted molar refractivity (Wildman–Crippen MR) is 39.2 cm³/mol. The molecular formula is C4H14N4O2. The van der Waals surface area contributed by atoms with E-state index in [1.54, 1.807) is 0 Å². The largest absolute Gasteiger partial charge is 0.478 e. The highest BCUT2D eigenvalue weighted by Gasteiger charge is 1.90. The monoisotopic (exact) mass is 150 g/mol. The minimum atomic E-state index is -0.935. The molecular weight excluding hydrogens is 136 g/mol. The molecule has 0 aromatic rings. The smallest absolute Gasteiger partial charge is 0.330 e. The van der Waals surface area contributed by atoms with Gasteiger partial charge in [0.05, 0.1) is 0 Å². The van der Waals surface area contributed by atoms with Crippen molar-refractivity contribution in [3.8, 4) is 0 Å². The van der Waals surface area contributed by atoms with Gasteiger partial charge < -0.3 is 5.11 Å². The van der Waals surface area contributed by atoms with Gasteiger partial charge in [-0.2, -0.15) is 0 Å². The van der Waals surface area contributed by atoms with Crippen LogP contribution in [0, 0.1) is 0 Å². The molecule has 0 aliphatic rings. The first-order valence-electron chi connectivity index (χ1n) is 2.20. The molecule has 0 aliphatic carbocycles. The molecule has 62 valence electrons. The lowest BCUT2D eigenvalue weighted by Gasteiger charge is -1.79. The van der Waals surface area contributed by atoms with Crippen molar-refractivity contribution in [2.45, 2.75) is 6.92 Å². The number of rotatable bonds is 1. The van der Waals surface area contributed by atoms with Crippen molar-refractivity contribution in [1.29, 1.82) is 0 Å². The molecule has 0 fully saturated rings. The molecule has 10 heavy (non-hydrogen) atoms. The van der Waals surface area contributed by atoms with E-state index >= 15 is 0 Å². The second-order valence-electron chi connectivity index (χ2n) is 1.09. The van der Waals surface area contributed by atoms with Crippen LogP contribution < -0.4 is 23.4 Å². The lowest BCUT2D eigenvalue weighted by molar-refractivity contribution is -0.132. The van der Waals surface area contributed by atoms with E-state index in [1.807, 2.05) is 0 Å². The molecule has 0 aliphatic heterocycles. The van der Waals surface area contributed by atoms with Gasteiger partial charge in [-0.3, -0.25) is 23.4 Å². The van der Waals surface area contributed by atoms with Crippen LogP contribution in [-0.4, -0.2) is 11.1 Å². The SMILES string of the molecule is C=C(C)C(=O)O.NN.NN. The van der Waals surface area contributed by atoms with E-state index in [0.717, 1.165) is 0 Å². The zero-order chi connectivity index (χ0) is 9.15. The van der Waals surface area contributed by atoms with Gasteiger partial charge in [-0.1, -0.05) is 6.58 Å². The van der Waals surface area contributed by atoms with Crippen LogP contribution in [-0.2, 0) is 4.79 Å². The molecule has 0 rings (SSSR count). The van der Waals surface area contributed by atoms with Crippen LogP contribution in [0.1, 0.15) is 6.92 Å². The minimum Gasteiger partial charge on any atom is -0.478 e. The number of carboxylic acid groups (broad SMARTS) is 1. The second-order valence-corrected chi connectivity index (χ2v) is 1.09. The van der Waals surface area contributed by atoms with Gasteiger partial charge in [0.15, 0.2) is 0 Å². The fourth-order valence-electron chi connectivity index (χ4n) is 0. The Kier molecular flexibility index (Phi) is 25.1. The molecule has 6 nitrogen and oxygen atoms in total. The number of hydrazine groups is 2. The summed E-state index contributed by atoms with van der Waals surface area (Å²) in [6, 6.07) is 0. The fourth-order valence-corrected chi connectivity index (χ4v) is 0. The first-order valence-corrected chi connectivity index (χ1v) is 2.20. The summed E-state index contributed by atoms with van der Waals surface area (Å²) in [5.74, 6) is 15.1. The highest BCUT2D eigenvalue weighted by Crippen LogP contribution is 1.81. The van der Waals surface area contributed by atoms with Crippen molar-refractivity contribution in [1.82, 2.24) is 0 Å². The van der Waals surface area contributed by atoms with Crippen molar-refractivity contribution in [3.05, 3.63) is 12.2 Å². The van der Waals surface area contributed by atoms with Crippen LogP contribution in [0.5, 0.6) is 0 Å². The first kappa shape index (κ1) is 16.0. The highest BCUT2D eigenvalue weighted by atomic mass is 16.4. The van der Waals surface area contributed by atoms with Crippen LogP contribution in [0.4, 0.5) is 0 Å². The van der Waals surface area contributed by atoms with E-state index in [4.69, 9.17) is 5.11 Å². The van der Waals surface area contributed by atoms with Crippen LogP contribution >= 0.6 is 0 Å². The number of hydrogen-bond donors (Lipinski definition) is 5. The minimum absolute atomic E-state index is 0.176. The summed E-state index contributed by atoms with van der Waals surface area (Å²) in [5.41, 5.74) is 0.176. The maximum Gasteiger partial charge on any atom is 0.330 e. The molecule has 0 saturated carbocycles. The maximum absolute atomic E-state index is 9.60. The molecule has 6 heteroatoms. The van der Waals surface area contributed by atoms with Gasteiger partial charge in [0, 0.05) is 5.57 Å². The van der Waals surface area contributed by atoms with E-state index in [0.29, 0.717) is 0 Å². The summed E-state index contributed by atoms with van der Waals surface area (Å²) in [6.45, 7) is 4.60. The van der Waals surface area contributed by atoms with Crippen LogP contribution in [0.2, 0.25) is 0 Å². The maximum atomic E-state index is 9.60. The molecule has 0 saturated heterocycles. The Morgan fingerprint density at radius 2 is 1.40 bits per heavy atom. The van der Waals surface area contributed by atoms with Gasteiger partial charge in [0.1, 0.15) is 0 Å². The zero-order valence-electron chi connectivity index (χ0n) is 5.87. The summed E-state index contributed by atoms with van der Waals surface area (Å²) in [7, 11) is 0. The summed E-state index contributed by atoms with van der Waals surface area (Å²) in [5, 5.41) is 7.89.